The van der Waals surface area contributed by atoms with Gasteiger partial charge in [0.15, 0.2) is 0 Å². The van der Waals surface area contributed by atoms with Gasteiger partial charge in [0.25, 0.3) is 0 Å². The molecule has 1 atom stereocenters. The maximum Gasteiger partial charge on any atom is 0.573 e. The molecule has 0 aromatic heterocycles. The second-order valence-corrected chi connectivity index (χ2v) is 8.66. The van der Waals surface area contributed by atoms with Crippen LogP contribution in [-0.2, 0) is 14.8 Å². The Kier molecular flexibility index (Phi) is 6.32. The number of anilines is 1. The first-order valence-corrected chi connectivity index (χ1v) is 10.4. The molecule has 1 N–H and O–H groups in total. The average molecular weight is 446 g/mol. The molecule has 2 aromatic rings. The van der Waals surface area contributed by atoms with Gasteiger partial charge in [-0.25, -0.2) is 12.8 Å². The van der Waals surface area contributed by atoms with Gasteiger partial charge in [-0.05, 0) is 61.4 Å². The summed E-state index contributed by atoms with van der Waals surface area (Å²) in [5, 5.41) is 2.57. The lowest BCUT2D eigenvalue weighted by Gasteiger charge is -2.31. The second-order valence-electron chi connectivity index (χ2n) is 6.72. The third-order valence-electron chi connectivity index (χ3n) is 4.56. The van der Waals surface area contributed by atoms with Gasteiger partial charge in [0, 0.05) is 18.8 Å². The van der Waals surface area contributed by atoms with E-state index in [0.717, 1.165) is 24.3 Å². The van der Waals surface area contributed by atoms with E-state index < -0.39 is 39.8 Å². The normalized spacial score (nSPS) is 18.1. The Bertz CT molecular complexity index is 993. The minimum Gasteiger partial charge on any atom is -0.406 e. The monoisotopic (exact) mass is 446 g/mol. The van der Waals surface area contributed by atoms with Crippen molar-refractivity contribution in [1.82, 2.24) is 4.31 Å². The Morgan fingerprint density at radius 1 is 1.07 bits per heavy atom. The average Bonchev–Trinajstić information content (AvgIpc) is 2.69. The molecule has 1 fully saturated rings. The molecule has 0 saturated carbocycles. The Morgan fingerprint density at radius 3 is 2.30 bits per heavy atom. The predicted octanol–water partition coefficient (Wildman–Crippen LogP) is 3.76. The van der Waals surface area contributed by atoms with E-state index >= 15 is 0 Å². The van der Waals surface area contributed by atoms with Crippen LogP contribution in [-0.4, -0.2) is 38.1 Å². The number of benzene rings is 2. The zero-order chi connectivity index (χ0) is 21.9. The molecule has 1 saturated heterocycles. The van der Waals surface area contributed by atoms with E-state index in [1.807, 2.05) is 0 Å². The number of hydrogen-bond donors (Lipinski definition) is 1. The number of piperidine rings is 1. The van der Waals surface area contributed by atoms with E-state index in [2.05, 4.69) is 10.1 Å². The molecule has 1 unspecified atom stereocenters. The summed E-state index contributed by atoms with van der Waals surface area (Å²) in [7, 11) is -3.88. The van der Waals surface area contributed by atoms with Crippen LogP contribution in [0.3, 0.4) is 0 Å². The van der Waals surface area contributed by atoms with Crippen molar-refractivity contribution in [2.24, 2.45) is 5.92 Å². The van der Waals surface area contributed by atoms with Crippen molar-refractivity contribution in [2.75, 3.05) is 18.4 Å². The molecular weight excluding hydrogens is 428 g/mol. The van der Waals surface area contributed by atoms with Gasteiger partial charge in [-0.15, -0.1) is 13.2 Å². The standard InChI is InChI=1S/C19H18F4N2O4S/c20-14-3-9-17(10-4-14)30(27,28)25-11-1-2-13(12-25)18(26)24-15-5-7-16(8-6-15)29-19(21,22)23/h3-10,13H,1-2,11-12H2,(H,24,26). The van der Waals surface area contributed by atoms with Gasteiger partial charge >= 0.3 is 6.36 Å². The Labute approximate surface area is 170 Å². The van der Waals surface area contributed by atoms with Gasteiger partial charge in [0.05, 0.1) is 10.8 Å². The molecule has 1 amide bonds. The van der Waals surface area contributed by atoms with Crippen LogP contribution < -0.4 is 10.1 Å². The van der Waals surface area contributed by atoms with Crippen molar-refractivity contribution in [3.8, 4) is 5.75 Å². The van der Waals surface area contributed by atoms with Crippen LogP contribution in [0.2, 0.25) is 0 Å². The first-order chi connectivity index (χ1) is 14.0. The zero-order valence-electron chi connectivity index (χ0n) is 15.5. The highest BCUT2D eigenvalue weighted by Crippen LogP contribution is 2.27. The number of nitrogens with one attached hydrogen (secondary N) is 1. The molecule has 3 rings (SSSR count). The number of ether oxygens (including phenoxy) is 1. The third-order valence-corrected chi connectivity index (χ3v) is 6.44. The number of sulfonamides is 1. The topological polar surface area (TPSA) is 75.7 Å². The van der Waals surface area contributed by atoms with Crippen LogP contribution in [0.15, 0.2) is 53.4 Å². The van der Waals surface area contributed by atoms with E-state index in [1.165, 1.54) is 28.6 Å². The van der Waals surface area contributed by atoms with Crippen LogP contribution in [0.4, 0.5) is 23.2 Å². The summed E-state index contributed by atoms with van der Waals surface area (Å²) >= 11 is 0. The van der Waals surface area contributed by atoms with Crippen LogP contribution >= 0.6 is 0 Å². The molecule has 1 aliphatic heterocycles. The number of rotatable bonds is 5. The number of nitrogens with zero attached hydrogens (tertiary/aromatic N) is 1. The SMILES string of the molecule is O=C(Nc1ccc(OC(F)(F)F)cc1)C1CCCN(S(=O)(=O)c2ccc(F)cc2)C1. The van der Waals surface area contributed by atoms with E-state index in [1.54, 1.807) is 0 Å². The summed E-state index contributed by atoms with van der Waals surface area (Å²) in [6.45, 7) is 0.174. The quantitative estimate of drug-likeness (QED) is 0.710. The fourth-order valence-corrected chi connectivity index (χ4v) is 4.64. The minimum atomic E-state index is -4.81. The summed E-state index contributed by atoms with van der Waals surface area (Å²) in [5.41, 5.74) is 0.257. The molecule has 11 heteroatoms. The van der Waals surface area contributed by atoms with Gasteiger partial charge in [0.1, 0.15) is 11.6 Å². The molecule has 0 spiro atoms. The van der Waals surface area contributed by atoms with Crippen LogP contribution in [0, 0.1) is 11.7 Å². The molecule has 0 radical (unpaired) electrons. The lowest BCUT2D eigenvalue weighted by atomic mass is 9.99. The summed E-state index contributed by atoms with van der Waals surface area (Å²) in [5.74, 6) is -2.06. The maximum absolute atomic E-state index is 13.1. The smallest absolute Gasteiger partial charge is 0.406 e. The first kappa shape index (κ1) is 22.0. The molecule has 1 heterocycles. The number of alkyl halides is 3. The molecule has 1 aliphatic rings. The minimum absolute atomic E-state index is 0.0548. The molecule has 30 heavy (non-hydrogen) atoms. The second kappa shape index (κ2) is 8.60. The molecule has 0 aliphatic carbocycles. The zero-order valence-corrected chi connectivity index (χ0v) is 16.3. The van der Waals surface area contributed by atoms with E-state index in [-0.39, 0.29) is 23.7 Å². The number of halogens is 4. The highest BCUT2D eigenvalue weighted by atomic mass is 32.2. The van der Waals surface area contributed by atoms with Gasteiger partial charge in [-0.2, -0.15) is 4.31 Å². The lowest BCUT2D eigenvalue weighted by Crippen LogP contribution is -2.43. The molecule has 162 valence electrons. The highest BCUT2D eigenvalue weighted by molar-refractivity contribution is 7.89. The maximum atomic E-state index is 13.1. The number of hydrogen-bond acceptors (Lipinski definition) is 4. The largest absolute Gasteiger partial charge is 0.573 e. The third kappa shape index (κ3) is 5.48. The van der Waals surface area contributed by atoms with Crippen LogP contribution in [0.1, 0.15) is 12.8 Å². The van der Waals surface area contributed by atoms with E-state index in [9.17, 15) is 30.8 Å². The van der Waals surface area contributed by atoms with E-state index in [0.29, 0.717) is 12.8 Å². The first-order valence-electron chi connectivity index (χ1n) is 8.97. The Balaban J connectivity index is 1.65. The molecular formula is C19H18F4N2O4S. The summed E-state index contributed by atoms with van der Waals surface area (Å²) in [4.78, 5) is 12.5. The summed E-state index contributed by atoms with van der Waals surface area (Å²) < 4.78 is 80.1. The van der Waals surface area contributed by atoms with E-state index in [4.69, 9.17) is 0 Å². The van der Waals surface area contributed by atoms with Crippen molar-refractivity contribution < 1.29 is 35.5 Å². The Hall–Kier alpha value is -2.66. The van der Waals surface area contributed by atoms with Gasteiger partial charge in [-0.1, -0.05) is 0 Å². The molecule has 0 bridgehead atoms. The van der Waals surface area contributed by atoms with Crippen molar-refractivity contribution in [1.29, 1.82) is 0 Å². The van der Waals surface area contributed by atoms with Crippen molar-refractivity contribution in [2.45, 2.75) is 24.1 Å². The number of carbonyl (C=O) groups is 1. The van der Waals surface area contributed by atoms with Crippen LogP contribution in [0.5, 0.6) is 5.75 Å². The predicted molar refractivity (Wildman–Crippen MR) is 99.6 cm³/mol. The van der Waals surface area contributed by atoms with Gasteiger partial charge in [0.2, 0.25) is 15.9 Å². The number of amides is 1. The highest BCUT2D eigenvalue weighted by Gasteiger charge is 2.34. The fourth-order valence-electron chi connectivity index (χ4n) is 3.11. The van der Waals surface area contributed by atoms with Gasteiger partial charge in [-0.3, -0.25) is 4.79 Å². The Morgan fingerprint density at radius 2 is 1.70 bits per heavy atom. The summed E-state index contributed by atoms with van der Waals surface area (Å²) in [6.07, 6.45) is -3.90. The van der Waals surface area contributed by atoms with Gasteiger partial charge < -0.3 is 10.1 Å². The number of carbonyl (C=O) groups excluding carboxylic acids is 1. The van der Waals surface area contributed by atoms with Crippen molar-refractivity contribution in [3.63, 3.8) is 0 Å². The summed E-state index contributed by atoms with van der Waals surface area (Å²) in [6, 6.07) is 9.08. The van der Waals surface area contributed by atoms with Crippen molar-refractivity contribution >= 4 is 21.6 Å². The van der Waals surface area contributed by atoms with Crippen molar-refractivity contribution in [3.05, 3.63) is 54.3 Å². The van der Waals surface area contributed by atoms with Crippen LogP contribution in [0.25, 0.3) is 0 Å². The molecule has 6 nitrogen and oxygen atoms in total. The molecule has 2 aromatic carbocycles. The fraction of sp³-hybridized carbons (Fsp3) is 0.316. The lowest BCUT2D eigenvalue weighted by molar-refractivity contribution is -0.274.